The third-order valence-electron chi connectivity index (χ3n) is 4.19. The summed E-state index contributed by atoms with van der Waals surface area (Å²) < 4.78 is 0. The van der Waals surface area contributed by atoms with E-state index < -0.39 is 5.60 Å². The highest BCUT2D eigenvalue weighted by atomic mass is 16.3. The summed E-state index contributed by atoms with van der Waals surface area (Å²) >= 11 is 0. The molecule has 1 aromatic rings. The number of benzene rings is 1. The molecule has 0 radical (unpaired) electrons. The molecule has 2 N–H and O–H groups in total. The van der Waals surface area contributed by atoms with Crippen LogP contribution in [0.2, 0.25) is 0 Å². The van der Waals surface area contributed by atoms with Crippen LogP contribution in [-0.2, 0) is 0 Å². The van der Waals surface area contributed by atoms with Crippen LogP contribution < -0.4 is 5.32 Å². The average Bonchev–Trinajstić information content (AvgIpc) is 2.70. The monoisotopic (exact) mass is 272 g/mol. The van der Waals surface area contributed by atoms with Gasteiger partial charge < -0.3 is 10.4 Å². The average molecular weight is 272 g/mol. The van der Waals surface area contributed by atoms with E-state index in [2.05, 4.69) is 11.4 Å². The maximum atomic E-state index is 10.6. The Morgan fingerprint density at radius 1 is 1.15 bits per heavy atom. The first-order chi connectivity index (χ1) is 9.73. The van der Waals surface area contributed by atoms with Crippen molar-refractivity contribution in [1.29, 1.82) is 5.26 Å². The van der Waals surface area contributed by atoms with E-state index in [4.69, 9.17) is 0 Å². The molecule has 1 aliphatic rings. The van der Waals surface area contributed by atoms with Gasteiger partial charge in [-0.15, -0.1) is 0 Å². The molecule has 0 spiro atoms. The van der Waals surface area contributed by atoms with Crippen LogP contribution in [0.15, 0.2) is 30.3 Å². The summed E-state index contributed by atoms with van der Waals surface area (Å²) in [5.74, 6) is -0.148. The van der Waals surface area contributed by atoms with Crippen molar-refractivity contribution in [3.8, 4) is 6.07 Å². The maximum Gasteiger partial charge on any atom is 0.0837 e. The Bertz CT molecular complexity index is 430. The second-order valence-corrected chi connectivity index (χ2v) is 5.86. The lowest BCUT2D eigenvalue weighted by atomic mass is 9.94. The van der Waals surface area contributed by atoms with Gasteiger partial charge in [0.05, 0.1) is 17.6 Å². The predicted molar refractivity (Wildman–Crippen MR) is 80.3 cm³/mol. The number of nitrogens with zero attached hydrogens (tertiary/aromatic N) is 1. The van der Waals surface area contributed by atoms with Crippen LogP contribution in [0.4, 0.5) is 0 Å². The Balaban J connectivity index is 1.83. The highest BCUT2D eigenvalue weighted by Crippen LogP contribution is 2.26. The smallest absolute Gasteiger partial charge is 0.0837 e. The highest BCUT2D eigenvalue weighted by Gasteiger charge is 2.27. The Hall–Kier alpha value is -1.37. The highest BCUT2D eigenvalue weighted by molar-refractivity contribution is 5.25. The van der Waals surface area contributed by atoms with Crippen molar-refractivity contribution in [2.75, 3.05) is 13.1 Å². The van der Waals surface area contributed by atoms with Crippen LogP contribution in [0.25, 0.3) is 0 Å². The summed E-state index contributed by atoms with van der Waals surface area (Å²) in [6, 6.07) is 12.2. The SMILES string of the molecule is N#CC(CNCC1(O)CCCCCC1)c1ccccc1. The number of aliphatic hydroxyl groups is 1. The van der Waals surface area contributed by atoms with Crippen molar-refractivity contribution in [3.63, 3.8) is 0 Å². The molecule has 20 heavy (non-hydrogen) atoms. The maximum absolute atomic E-state index is 10.6. The van der Waals surface area contributed by atoms with Crippen LogP contribution in [0, 0.1) is 11.3 Å². The minimum Gasteiger partial charge on any atom is -0.389 e. The van der Waals surface area contributed by atoms with E-state index in [-0.39, 0.29) is 5.92 Å². The molecule has 1 atom stereocenters. The van der Waals surface area contributed by atoms with E-state index in [1.165, 1.54) is 12.8 Å². The molecule has 108 valence electrons. The number of nitrogens with one attached hydrogen (secondary N) is 1. The zero-order chi connectivity index (χ0) is 14.3. The molecule has 0 heterocycles. The Morgan fingerprint density at radius 2 is 1.80 bits per heavy atom. The molecule has 2 rings (SSSR count). The number of nitriles is 1. The van der Waals surface area contributed by atoms with Gasteiger partial charge in [-0.2, -0.15) is 5.26 Å². The molecule has 3 heteroatoms. The molecule has 1 saturated carbocycles. The van der Waals surface area contributed by atoms with Crippen LogP contribution in [0.5, 0.6) is 0 Å². The number of hydrogen-bond donors (Lipinski definition) is 2. The van der Waals surface area contributed by atoms with E-state index in [0.717, 1.165) is 31.2 Å². The summed E-state index contributed by atoms with van der Waals surface area (Å²) in [6.45, 7) is 1.20. The lowest BCUT2D eigenvalue weighted by Crippen LogP contribution is -2.41. The molecule has 0 amide bonds. The van der Waals surface area contributed by atoms with Gasteiger partial charge in [0.2, 0.25) is 0 Å². The molecule has 0 aliphatic heterocycles. The summed E-state index contributed by atoms with van der Waals surface area (Å²) in [5, 5.41) is 23.1. The van der Waals surface area contributed by atoms with Crippen molar-refractivity contribution < 1.29 is 5.11 Å². The third-order valence-corrected chi connectivity index (χ3v) is 4.19. The molecule has 0 saturated heterocycles. The number of hydrogen-bond acceptors (Lipinski definition) is 3. The molecule has 1 unspecified atom stereocenters. The van der Waals surface area contributed by atoms with Crippen LogP contribution in [0.1, 0.15) is 50.0 Å². The van der Waals surface area contributed by atoms with Crippen LogP contribution in [-0.4, -0.2) is 23.8 Å². The number of rotatable bonds is 5. The van der Waals surface area contributed by atoms with E-state index in [1.54, 1.807) is 0 Å². The predicted octanol–water partition coefficient (Wildman–Crippen LogP) is 2.97. The fourth-order valence-electron chi connectivity index (χ4n) is 2.94. The van der Waals surface area contributed by atoms with Crippen molar-refractivity contribution in [2.45, 2.75) is 50.0 Å². The zero-order valence-corrected chi connectivity index (χ0v) is 12.0. The normalized spacial score (nSPS) is 19.8. The first-order valence-corrected chi connectivity index (χ1v) is 7.61. The van der Waals surface area contributed by atoms with E-state index in [9.17, 15) is 10.4 Å². The quantitative estimate of drug-likeness (QED) is 0.810. The Labute approximate surface area is 121 Å². The van der Waals surface area contributed by atoms with Crippen molar-refractivity contribution in [3.05, 3.63) is 35.9 Å². The summed E-state index contributed by atoms with van der Waals surface area (Å²) in [7, 11) is 0. The zero-order valence-electron chi connectivity index (χ0n) is 12.0. The second-order valence-electron chi connectivity index (χ2n) is 5.86. The molecule has 0 bridgehead atoms. The summed E-state index contributed by atoms with van der Waals surface area (Å²) in [6.07, 6.45) is 6.43. The molecule has 1 fully saturated rings. The minimum atomic E-state index is -0.576. The van der Waals surface area contributed by atoms with Gasteiger partial charge in [0.15, 0.2) is 0 Å². The molecule has 3 nitrogen and oxygen atoms in total. The summed E-state index contributed by atoms with van der Waals surface area (Å²) in [5.41, 5.74) is 0.461. The van der Waals surface area contributed by atoms with Gasteiger partial charge >= 0.3 is 0 Å². The van der Waals surface area contributed by atoms with Crippen LogP contribution in [0.3, 0.4) is 0 Å². The fraction of sp³-hybridized carbons (Fsp3) is 0.588. The van der Waals surface area contributed by atoms with Gasteiger partial charge in [0, 0.05) is 13.1 Å². The standard InChI is InChI=1S/C17H24N2O/c18-12-16(15-8-4-3-5-9-15)13-19-14-17(20)10-6-1-2-7-11-17/h3-5,8-9,16,19-20H,1-2,6-7,10-11,13-14H2. The van der Waals surface area contributed by atoms with E-state index in [0.29, 0.717) is 13.1 Å². The summed E-state index contributed by atoms with van der Waals surface area (Å²) in [4.78, 5) is 0. The van der Waals surface area contributed by atoms with Gasteiger partial charge in [0.1, 0.15) is 0 Å². The topological polar surface area (TPSA) is 56.0 Å². The second kappa shape index (κ2) is 7.42. The molecule has 1 aliphatic carbocycles. The largest absolute Gasteiger partial charge is 0.389 e. The lowest BCUT2D eigenvalue weighted by Gasteiger charge is -2.27. The van der Waals surface area contributed by atoms with Crippen molar-refractivity contribution in [2.24, 2.45) is 0 Å². The van der Waals surface area contributed by atoms with Crippen molar-refractivity contribution in [1.82, 2.24) is 5.32 Å². The Morgan fingerprint density at radius 3 is 2.40 bits per heavy atom. The third kappa shape index (κ3) is 4.33. The van der Waals surface area contributed by atoms with Gasteiger partial charge in [-0.05, 0) is 18.4 Å². The fourth-order valence-corrected chi connectivity index (χ4v) is 2.94. The molecule has 1 aromatic carbocycles. The van der Waals surface area contributed by atoms with Gasteiger partial charge in [-0.1, -0.05) is 56.0 Å². The lowest BCUT2D eigenvalue weighted by molar-refractivity contribution is 0.0254. The Kier molecular flexibility index (Phi) is 5.58. The molecular formula is C17H24N2O. The first kappa shape index (κ1) is 15.0. The van der Waals surface area contributed by atoms with Crippen molar-refractivity contribution >= 4 is 0 Å². The molecular weight excluding hydrogens is 248 g/mol. The van der Waals surface area contributed by atoms with E-state index in [1.807, 2.05) is 30.3 Å². The van der Waals surface area contributed by atoms with Gasteiger partial charge in [-0.25, -0.2) is 0 Å². The van der Waals surface area contributed by atoms with E-state index >= 15 is 0 Å². The van der Waals surface area contributed by atoms with Crippen LogP contribution >= 0.6 is 0 Å². The van der Waals surface area contributed by atoms with Gasteiger partial charge in [0.25, 0.3) is 0 Å². The first-order valence-electron chi connectivity index (χ1n) is 7.61. The van der Waals surface area contributed by atoms with Gasteiger partial charge in [-0.3, -0.25) is 0 Å². The minimum absolute atomic E-state index is 0.148. The molecule has 0 aromatic heterocycles.